The van der Waals surface area contributed by atoms with Crippen LogP contribution in [0.3, 0.4) is 0 Å². The van der Waals surface area contributed by atoms with Gasteiger partial charge in [0.1, 0.15) is 12.4 Å². The van der Waals surface area contributed by atoms with E-state index >= 15 is 0 Å². The molecule has 0 fully saturated rings. The van der Waals surface area contributed by atoms with E-state index in [-0.39, 0.29) is 0 Å². The van der Waals surface area contributed by atoms with Crippen LogP contribution in [-0.4, -0.2) is 4.57 Å². The molecule has 0 atom stereocenters. The molecule has 0 aliphatic rings. The smallest absolute Gasteiger partial charge is 0.240 e. The van der Waals surface area contributed by atoms with E-state index in [1.807, 2.05) is 17.8 Å². The third kappa shape index (κ3) is 5.34. The van der Waals surface area contributed by atoms with Crippen LogP contribution in [-0.2, 0) is 13.6 Å². The van der Waals surface area contributed by atoms with E-state index < -0.39 is 12.2 Å². The fraction of sp³-hybridized carbons (Fsp3) is 0.375. The molecule has 0 saturated carbocycles. The van der Waals surface area contributed by atoms with Crippen molar-refractivity contribution in [1.82, 2.24) is 4.57 Å². The maximum absolute atomic E-state index is 10.3. The highest BCUT2D eigenvalue weighted by Gasteiger charge is 1.98. The van der Waals surface area contributed by atoms with Crippen LogP contribution >= 0.6 is 0 Å². The Hall–Kier alpha value is -1.33. The molecular weight excluding hydrogens is 200 g/mol. The molecule has 80 valence electrons. The predicted molar refractivity (Wildman–Crippen MR) is 42.7 cm³/mol. The third-order valence-corrected chi connectivity index (χ3v) is 1.33. The second-order valence-electron chi connectivity index (χ2n) is 2.43. The van der Waals surface area contributed by atoms with Crippen molar-refractivity contribution in [3.8, 4) is 0 Å². The quantitative estimate of drug-likeness (QED) is 0.498. The number of nitrogens with zero attached hydrogens (tertiary/aromatic N) is 2. The van der Waals surface area contributed by atoms with Crippen molar-refractivity contribution >= 4 is 0 Å². The highest BCUT2D eigenvalue weighted by Crippen LogP contribution is 2.08. The summed E-state index contributed by atoms with van der Waals surface area (Å²) >= 11 is 0. The Kier molecular flexibility index (Phi) is 5.59. The Balaban J connectivity index is 0.000000255. The monoisotopic (exact) mass is 211 g/mol. The average molecular weight is 211 g/mol. The molecule has 0 aliphatic heterocycles. The lowest BCUT2D eigenvalue weighted by Crippen LogP contribution is -2.23. The van der Waals surface area contributed by atoms with Crippen LogP contribution in [0.1, 0.15) is 6.92 Å². The Morgan fingerprint density at radius 1 is 1.21 bits per heavy atom. The van der Waals surface area contributed by atoms with Crippen molar-refractivity contribution in [3.05, 3.63) is 30.9 Å². The number of aryl methyl sites for hydroxylation is 2. The van der Waals surface area contributed by atoms with Gasteiger partial charge in [-0.3, -0.25) is 0 Å². The Labute approximate surface area is 79.1 Å². The number of hydrogen-bond acceptors (Lipinski definition) is 0. The summed E-state index contributed by atoms with van der Waals surface area (Å²) in [6.07, 6.45) is 0.328. The van der Waals surface area contributed by atoms with Gasteiger partial charge in [-0.25, -0.2) is 9.13 Å². The molecule has 14 heavy (non-hydrogen) atoms. The van der Waals surface area contributed by atoms with Crippen LogP contribution in [0, 0.1) is 0 Å². The largest absolute Gasteiger partial charge is 0.334 e. The van der Waals surface area contributed by atoms with Crippen LogP contribution in [0.15, 0.2) is 30.9 Å². The van der Waals surface area contributed by atoms with Crippen molar-refractivity contribution in [2.75, 3.05) is 0 Å². The van der Waals surface area contributed by atoms with Gasteiger partial charge in [0, 0.05) is 0 Å². The molecule has 1 aromatic heterocycles. The molecule has 6 heteroatoms. The minimum atomic E-state index is -2.91. The van der Waals surface area contributed by atoms with Crippen LogP contribution in [0.5, 0.6) is 0 Å². The van der Waals surface area contributed by atoms with Crippen LogP contribution in [0.4, 0.5) is 17.6 Å². The highest BCUT2D eigenvalue weighted by atomic mass is 19.3. The van der Waals surface area contributed by atoms with E-state index in [0.717, 1.165) is 6.54 Å². The van der Waals surface area contributed by atoms with Gasteiger partial charge in [-0.2, -0.15) is 17.6 Å². The molecule has 0 aromatic carbocycles. The average Bonchev–Trinajstić information content (AvgIpc) is 2.52. The second-order valence-corrected chi connectivity index (χ2v) is 2.43. The van der Waals surface area contributed by atoms with Gasteiger partial charge in [0.2, 0.25) is 6.33 Å². The van der Waals surface area contributed by atoms with E-state index in [9.17, 15) is 17.6 Å². The van der Waals surface area contributed by atoms with E-state index in [2.05, 4.69) is 24.0 Å². The first-order valence-electron chi connectivity index (χ1n) is 3.84. The fourth-order valence-electron chi connectivity index (χ4n) is 0.689. The van der Waals surface area contributed by atoms with Crippen LogP contribution in [0.2, 0.25) is 0 Å². The molecule has 2 nitrogen and oxygen atoms in total. The number of imidazole rings is 1. The Morgan fingerprint density at radius 3 is 1.86 bits per heavy atom. The molecule has 0 spiro atoms. The predicted octanol–water partition coefficient (Wildman–Crippen LogP) is 2.32. The highest BCUT2D eigenvalue weighted by molar-refractivity contribution is 4.77. The summed E-state index contributed by atoms with van der Waals surface area (Å²) in [6, 6.07) is 0. The molecule has 0 bridgehead atoms. The van der Waals surface area contributed by atoms with Crippen molar-refractivity contribution in [1.29, 1.82) is 0 Å². The lowest BCUT2D eigenvalue weighted by atomic mass is 10.7. The first-order chi connectivity index (χ1) is 6.47. The molecule has 0 amide bonds. The van der Waals surface area contributed by atoms with Gasteiger partial charge < -0.3 is 0 Å². The molecule has 0 radical (unpaired) electrons. The molecule has 0 unspecified atom stereocenters. The molecule has 0 aliphatic carbocycles. The van der Waals surface area contributed by atoms with Crippen LogP contribution < -0.4 is 4.57 Å². The standard InChI is InChI=1S/C6H11N2.C2F4/c1-3-8-5-4-7(2)6-8;3-1(4)2(5)6/h4-6H,3H2,1-2H3;/q+1;. The molecule has 1 aromatic rings. The number of rotatable bonds is 1. The van der Waals surface area contributed by atoms with Gasteiger partial charge in [-0.05, 0) is 6.92 Å². The van der Waals surface area contributed by atoms with E-state index in [4.69, 9.17) is 0 Å². The van der Waals surface area contributed by atoms with Gasteiger partial charge in [-0.1, -0.05) is 0 Å². The first kappa shape index (κ1) is 12.7. The minimum absolute atomic E-state index is 1.06. The number of hydrogen-bond donors (Lipinski definition) is 0. The second kappa shape index (κ2) is 6.17. The Morgan fingerprint density at radius 2 is 1.71 bits per heavy atom. The van der Waals surface area contributed by atoms with Gasteiger partial charge in [-0.15, -0.1) is 0 Å². The summed E-state index contributed by atoms with van der Waals surface area (Å²) in [6.45, 7) is 3.18. The summed E-state index contributed by atoms with van der Waals surface area (Å²) in [5.74, 6) is 0. The molecule has 1 heterocycles. The lowest BCUT2D eigenvalue weighted by molar-refractivity contribution is -0.671. The van der Waals surface area contributed by atoms with Gasteiger partial charge in [0.15, 0.2) is 0 Å². The zero-order chi connectivity index (χ0) is 11.1. The number of aromatic nitrogens is 2. The summed E-state index contributed by atoms with van der Waals surface area (Å²) in [4.78, 5) is 0. The summed E-state index contributed by atoms with van der Waals surface area (Å²) in [5.41, 5.74) is 0. The SMILES string of the molecule is CCn1cc[n+](C)c1.FC(F)=C(F)F. The molecule has 0 N–H and O–H groups in total. The summed E-state index contributed by atoms with van der Waals surface area (Å²) in [5, 5.41) is 0. The van der Waals surface area contributed by atoms with Crippen molar-refractivity contribution < 1.29 is 22.1 Å². The van der Waals surface area contributed by atoms with E-state index in [0.29, 0.717) is 0 Å². The topological polar surface area (TPSA) is 8.81 Å². The zero-order valence-electron chi connectivity index (χ0n) is 7.85. The fourth-order valence-corrected chi connectivity index (χ4v) is 0.689. The zero-order valence-corrected chi connectivity index (χ0v) is 7.85. The van der Waals surface area contributed by atoms with Gasteiger partial charge in [0.05, 0.1) is 13.6 Å². The summed E-state index contributed by atoms with van der Waals surface area (Å²) in [7, 11) is 2.02. The molecular formula is C8H11F4N2+. The van der Waals surface area contributed by atoms with Crippen molar-refractivity contribution in [2.45, 2.75) is 13.5 Å². The lowest BCUT2D eigenvalue weighted by Gasteiger charge is -1.81. The first-order valence-corrected chi connectivity index (χ1v) is 3.84. The van der Waals surface area contributed by atoms with Crippen molar-refractivity contribution in [3.63, 3.8) is 0 Å². The maximum atomic E-state index is 10.3. The number of halogens is 4. The van der Waals surface area contributed by atoms with E-state index in [1.54, 1.807) is 0 Å². The maximum Gasteiger partial charge on any atom is 0.334 e. The van der Waals surface area contributed by atoms with Gasteiger partial charge in [0.25, 0.3) is 0 Å². The van der Waals surface area contributed by atoms with Crippen molar-refractivity contribution in [2.24, 2.45) is 7.05 Å². The minimum Gasteiger partial charge on any atom is -0.240 e. The Bertz CT molecular complexity index is 288. The molecule has 0 saturated heterocycles. The van der Waals surface area contributed by atoms with Gasteiger partial charge >= 0.3 is 12.2 Å². The van der Waals surface area contributed by atoms with Crippen LogP contribution in [0.25, 0.3) is 0 Å². The van der Waals surface area contributed by atoms with E-state index in [1.165, 1.54) is 0 Å². The normalized spacial score (nSPS) is 9.00. The molecule has 1 rings (SSSR count). The summed E-state index contributed by atoms with van der Waals surface area (Å²) < 4.78 is 45.3. The third-order valence-electron chi connectivity index (χ3n) is 1.33.